The van der Waals surface area contributed by atoms with Gasteiger partial charge >= 0.3 is 0 Å². The fourth-order valence-corrected chi connectivity index (χ4v) is 5.59. The van der Waals surface area contributed by atoms with Crippen molar-refractivity contribution in [1.82, 2.24) is 14.4 Å². The van der Waals surface area contributed by atoms with Crippen LogP contribution in [0.2, 0.25) is 0 Å². The molecule has 0 unspecified atom stereocenters. The maximum Gasteiger partial charge on any atom is 0.238 e. The molecule has 0 spiro atoms. The quantitative estimate of drug-likeness (QED) is 0.629. The number of nitrogens with one attached hydrogen (secondary N) is 1. The van der Waals surface area contributed by atoms with Gasteiger partial charge in [-0.05, 0) is 76.4 Å². The second-order valence-electron chi connectivity index (χ2n) is 9.48. The van der Waals surface area contributed by atoms with Gasteiger partial charge in [-0.25, -0.2) is 0 Å². The number of rotatable bonds is 5. The van der Waals surface area contributed by atoms with Gasteiger partial charge in [0, 0.05) is 53.0 Å². The molecule has 2 aliphatic heterocycles. The van der Waals surface area contributed by atoms with E-state index in [9.17, 15) is 9.59 Å². The molecule has 33 heavy (non-hydrogen) atoms. The first kappa shape index (κ1) is 22.0. The molecule has 6 heteroatoms. The van der Waals surface area contributed by atoms with Crippen molar-refractivity contribution >= 4 is 39.3 Å². The maximum atomic E-state index is 12.8. The molecule has 2 amide bonds. The summed E-state index contributed by atoms with van der Waals surface area (Å²) in [4.78, 5) is 29.8. The van der Waals surface area contributed by atoms with Crippen molar-refractivity contribution in [2.45, 2.75) is 45.6 Å². The van der Waals surface area contributed by atoms with E-state index in [0.29, 0.717) is 12.5 Å². The zero-order valence-electron chi connectivity index (χ0n) is 19.6. The number of nitrogens with zero attached hydrogens (tertiary/aromatic N) is 3. The lowest BCUT2D eigenvalue weighted by atomic mass is 9.94. The Hall–Kier alpha value is -2.86. The molecular weight excluding hydrogens is 412 g/mol. The fraction of sp³-hybridized carbons (Fsp3) is 0.481. The van der Waals surface area contributed by atoms with Crippen molar-refractivity contribution in [3.63, 3.8) is 0 Å². The van der Waals surface area contributed by atoms with Crippen LogP contribution in [0.25, 0.3) is 21.8 Å². The van der Waals surface area contributed by atoms with Crippen molar-refractivity contribution in [2.24, 2.45) is 5.92 Å². The lowest BCUT2D eigenvalue weighted by Crippen LogP contribution is -2.45. The van der Waals surface area contributed by atoms with Crippen LogP contribution in [-0.4, -0.2) is 58.9 Å². The minimum Gasteiger partial charge on any atom is -0.342 e. The Labute approximate surface area is 195 Å². The predicted octanol–water partition coefficient (Wildman–Crippen LogP) is 4.48. The first-order valence-corrected chi connectivity index (χ1v) is 12.5. The highest BCUT2D eigenvalue weighted by molar-refractivity contribution is 6.09. The monoisotopic (exact) mass is 446 g/mol. The van der Waals surface area contributed by atoms with E-state index in [1.807, 2.05) is 6.07 Å². The second-order valence-corrected chi connectivity index (χ2v) is 9.48. The number of amides is 2. The van der Waals surface area contributed by atoms with Gasteiger partial charge in [0.1, 0.15) is 0 Å². The molecule has 0 saturated carbocycles. The van der Waals surface area contributed by atoms with E-state index in [-0.39, 0.29) is 11.8 Å². The first-order valence-electron chi connectivity index (χ1n) is 12.5. The molecule has 0 bridgehead atoms. The molecule has 0 aliphatic carbocycles. The van der Waals surface area contributed by atoms with E-state index in [4.69, 9.17) is 0 Å². The molecule has 0 atom stereocenters. The summed E-state index contributed by atoms with van der Waals surface area (Å²) in [6.45, 7) is 6.89. The van der Waals surface area contributed by atoms with Crippen LogP contribution in [0.5, 0.6) is 0 Å². The Bertz CT molecular complexity index is 1150. The predicted molar refractivity (Wildman–Crippen MR) is 133 cm³/mol. The van der Waals surface area contributed by atoms with E-state index < -0.39 is 0 Å². The van der Waals surface area contributed by atoms with E-state index >= 15 is 0 Å². The summed E-state index contributed by atoms with van der Waals surface area (Å²) < 4.78 is 2.31. The van der Waals surface area contributed by atoms with Crippen molar-refractivity contribution < 1.29 is 9.59 Å². The van der Waals surface area contributed by atoms with Crippen LogP contribution in [0.1, 0.15) is 39.0 Å². The van der Waals surface area contributed by atoms with Gasteiger partial charge in [-0.2, -0.15) is 0 Å². The van der Waals surface area contributed by atoms with Gasteiger partial charge in [0.05, 0.1) is 6.54 Å². The van der Waals surface area contributed by atoms with Crippen molar-refractivity contribution in [3.8, 4) is 0 Å². The summed E-state index contributed by atoms with van der Waals surface area (Å²) in [6.07, 6.45) is 5.21. The summed E-state index contributed by atoms with van der Waals surface area (Å²) >= 11 is 0. The number of hydrogen-bond donors (Lipinski definition) is 1. The van der Waals surface area contributed by atoms with Gasteiger partial charge in [0.15, 0.2) is 0 Å². The van der Waals surface area contributed by atoms with Gasteiger partial charge < -0.3 is 14.8 Å². The lowest BCUT2D eigenvalue weighted by Gasteiger charge is -2.35. The Morgan fingerprint density at radius 2 is 1.64 bits per heavy atom. The van der Waals surface area contributed by atoms with Crippen LogP contribution in [0, 0.1) is 5.92 Å². The minimum atomic E-state index is 0.00869. The van der Waals surface area contributed by atoms with E-state index in [1.165, 1.54) is 28.2 Å². The Kier molecular flexibility index (Phi) is 6.36. The summed E-state index contributed by atoms with van der Waals surface area (Å²) in [7, 11) is 0. The molecule has 3 aromatic rings. The Morgan fingerprint density at radius 1 is 0.909 bits per heavy atom. The lowest BCUT2D eigenvalue weighted by molar-refractivity contribution is -0.138. The zero-order chi connectivity index (χ0) is 22.8. The summed E-state index contributed by atoms with van der Waals surface area (Å²) in [6, 6.07) is 14.6. The Balaban J connectivity index is 1.19. The summed E-state index contributed by atoms with van der Waals surface area (Å²) in [5.74, 6) is 0.466. The largest absolute Gasteiger partial charge is 0.342 e. The maximum absolute atomic E-state index is 12.8. The standard InChI is InChI=1S/C27H34N4O2/c1-2-31-24-9-5-4-8-22(24)23-18-21(10-11-25(23)31)28-26(32)19-29-16-12-20(13-17-29)27(33)30-14-6-3-7-15-30/h4-5,8-11,18,20H,2-3,6-7,12-17,19H2,1H3,(H,28,32). The minimum absolute atomic E-state index is 0.00869. The van der Waals surface area contributed by atoms with Crippen molar-refractivity contribution in [1.29, 1.82) is 0 Å². The molecule has 2 fully saturated rings. The molecule has 3 heterocycles. The van der Waals surface area contributed by atoms with Crippen LogP contribution in [0.4, 0.5) is 5.69 Å². The number of benzene rings is 2. The van der Waals surface area contributed by atoms with Crippen LogP contribution >= 0.6 is 0 Å². The SMILES string of the molecule is CCn1c2ccccc2c2cc(NC(=O)CN3CCC(C(=O)N4CCCCC4)CC3)ccc21. The third-order valence-corrected chi connectivity index (χ3v) is 7.34. The topological polar surface area (TPSA) is 57.6 Å². The fourth-order valence-electron chi connectivity index (χ4n) is 5.59. The van der Waals surface area contributed by atoms with Gasteiger partial charge in [-0.3, -0.25) is 14.5 Å². The number of aryl methyl sites for hydroxylation is 1. The number of fused-ring (bicyclic) bond motifs is 3. The summed E-state index contributed by atoms with van der Waals surface area (Å²) in [5, 5.41) is 5.48. The number of likely N-dealkylation sites (tertiary alicyclic amines) is 2. The van der Waals surface area contributed by atoms with Crippen molar-refractivity contribution in [3.05, 3.63) is 42.5 Å². The number of hydrogen-bond acceptors (Lipinski definition) is 3. The third kappa shape index (κ3) is 4.49. The third-order valence-electron chi connectivity index (χ3n) is 7.34. The number of anilines is 1. The molecule has 1 aromatic heterocycles. The highest BCUT2D eigenvalue weighted by Gasteiger charge is 2.29. The van der Waals surface area contributed by atoms with Crippen LogP contribution in [0.3, 0.4) is 0 Å². The average molecular weight is 447 g/mol. The molecule has 174 valence electrons. The summed E-state index contributed by atoms with van der Waals surface area (Å²) in [5.41, 5.74) is 3.25. The molecule has 2 aromatic carbocycles. The normalized spacial score (nSPS) is 18.2. The van der Waals surface area contributed by atoms with E-state index in [2.05, 4.69) is 63.0 Å². The zero-order valence-corrected chi connectivity index (χ0v) is 19.6. The molecule has 2 saturated heterocycles. The molecule has 6 nitrogen and oxygen atoms in total. The van der Waals surface area contributed by atoms with Crippen LogP contribution in [0.15, 0.2) is 42.5 Å². The molecule has 2 aliphatic rings. The van der Waals surface area contributed by atoms with Gasteiger partial charge in [0.2, 0.25) is 11.8 Å². The molecule has 5 rings (SSSR count). The Morgan fingerprint density at radius 3 is 2.39 bits per heavy atom. The smallest absolute Gasteiger partial charge is 0.238 e. The highest BCUT2D eigenvalue weighted by atomic mass is 16.2. The van der Waals surface area contributed by atoms with Crippen LogP contribution in [-0.2, 0) is 16.1 Å². The van der Waals surface area contributed by atoms with Crippen LogP contribution < -0.4 is 5.32 Å². The number of carbonyl (C=O) groups is 2. The number of para-hydroxylation sites is 1. The molecular formula is C27H34N4O2. The number of piperidine rings is 2. The van der Waals surface area contributed by atoms with Gasteiger partial charge in [-0.1, -0.05) is 18.2 Å². The van der Waals surface area contributed by atoms with E-state index in [0.717, 1.165) is 64.1 Å². The molecule has 0 radical (unpaired) electrons. The average Bonchev–Trinajstić information content (AvgIpc) is 3.17. The first-order chi connectivity index (χ1) is 16.1. The second kappa shape index (κ2) is 9.56. The number of carbonyl (C=O) groups excluding carboxylic acids is 2. The van der Waals surface area contributed by atoms with Gasteiger partial charge in [-0.15, -0.1) is 0 Å². The van der Waals surface area contributed by atoms with Gasteiger partial charge in [0.25, 0.3) is 0 Å². The van der Waals surface area contributed by atoms with E-state index in [1.54, 1.807) is 0 Å². The molecule has 1 N–H and O–H groups in total. The van der Waals surface area contributed by atoms with Crippen molar-refractivity contribution in [2.75, 3.05) is 38.0 Å². The number of aromatic nitrogens is 1. The highest BCUT2D eigenvalue weighted by Crippen LogP contribution is 2.31.